The number of ether oxygens (including phenoxy) is 1. The van der Waals surface area contributed by atoms with Crippen molar-refractivity contribution in [3.05, 3.63) is 58.9 Å². The first-order valence-electron chi connectivity index (χ1n) is 8.24. The first-order chi connectivity index (χ1) is 12.9. The molecule has 28 heavy (non-hydrogen) atoms. The van der Waals surface area contributed by atoms with Gasteiger partial charge in [-0.2, -0.15) is 13.2 Å². The van der Waals surface area contributed by atoms with Gasteiger partial charge in [0.15, 0.2) is 5.96 Å². The quantitative estimate of drug-likeness (QED) is 0.186. The number of guanidine groups is 1. The number of nitrogens with zero attached hydrogens (tertiary/aromatic N) is 2. The molecule has 0 saturated heterocycles. The number of hydrogen-bond donors (Lipinski definition) is 2. The maximum Gasteiger partial charge on any atom is 0.419 e. The van der Waals surface area contributed by atoms with Gasteiger partial charge in [-0.3, -0.25) is 4.99 Å². The fourth-order valence-corrected chi connectivity index (χ4v) is 2.37. The molecule has 10 heteroatoms. The van der Waals surface area contributed by atoms with Crippen LogP contribution in [-0.2, 0) is 12.6 Å². The summed E-state index contributed by atoms with van der Waals surface area (Å²) in [7, 11) is 1.61. The summed E-state index contributed by atoms with van der Waals surface area (Å²) >= 11 is 5.74. The number of pyridine rings is 1. The predicted octanol–water partition coefficient (Wildman–Crippen LogP) is 4.16. The monoisotopic (exact) mass is 528 g/mol. The first-order valence-corrected chi connectivity index (χ1v) is 8.62. The van der Waals surface area contributed by atoms with E-state index in [2.05, 4.69) is 20.6 Å². The topological polar surface area (TPSA) is 58.5 Å². The van der Waals surface area contributed by atoms with E-state index in [4.69, 9.17) is 16.3 Å². The van der Waals surface area contributed by atoms with Crippen molar-refractivity contribution in [2.45, 2.75) is 12.6 Å². The first kappa shape index (κ1) is 24.3. The highest BCUT2D eigenvalue weighted by atomic mass is 127. The van der Waals surface area contributed by atoms with E-state index >= 15 is 0 Å². The van der Waals surface area contributed by atoms with Gasteiger partial charge in [0.05, 0.1) is 12.1 Å². The Labute approximate surface area is 183 Å². The van der Waals surface area contributed by atoms with Gasteiger partial charge >= 0.3 is 6.18 Å². The molecule has 0 unspecified atom stereocenters. The van der Waals surface area contributed by atoms with Crippen LogP contribution < -0.4 is 15.4 Å². The second-order valence-electron chi connectivity index (χ2n) is 5.51. The van der Waals surface area contributed by atoms with Gasteiger partial charge in [0.2, 0.25) is 0 Å². The van der Waals surface area contributed by atoms with E-state index in [1.54, 1.807) is 19.3 Å². The highest BCUT2D eigenvalue weighted by Crippen LogP contribution is 2.35. The Morgan fingerprint density at radius 2 is 1.86 bits per heavy atom. The maximum absolute atomic E-state index is 12.9. The second-order valence-corrected chi connectivity index (χ2v) is 5.89. The Kier molecular flexibility index (Phi) is 10.4. The van der Waals surface area contributed by atoms with Gasteiger partial charge < -0.3 is 15.4 Å². The zero-order valence-electron chi connectivity index (χ0n) is 15.1. The molecule has 0 aliphatic heterocycles. The van der Waals surface area contributed by atoms with Gasteiger partial charge in [-0.25, -0.2) is 4.98 Å². The number of alkyl halides is 3. The normalized spacial score (nSPS) is 11.5. The molecule has 5 nitrogen and oxygen atoms in total. The molecule has 2 aromatic rings. The molecule has 0 spiro atoms. The van der Waals surface area contributed by atoms with Crippen LogP contribution in [0.5, 0.6) is 5.75 Å². The van der Waals surface area contributed by atoms with Crippen molar-refractivity contribution in [3.63, 3.8) is 0 Å². The van der Waals surface area contributed by atoms with Crippen LogP contribution in [0.3, 0.4) is 0 Å². The molecular weight excluding hydrogens is 508 g/mol. The van der Waals surface area contributed by atoms with E-state index in [9.17, 15) is 13.2 Å². The lowest BCUT2D eigenvalue weighted by Crippen LogP contribution is -2.40. The second kappa shape index (κ2) is 11.9. The molecule has 0 saturated carbocycles. The predicted molar refractivity (Wildman–Crippen MR) is 115 cm³/mol. The number of aliphatic imine (C=N–C) groups is 1. The fourth-order valence-electron chi connectivity index (χ4n) is 2.26. The lowest BCUT2D eigenvalue weighted by atomic mass is 10.2. The molecule has 1 heterocycles. The average molecular weight is 529 g/mol. The summed E-state index contributed by atoms with van der Waals surface area (Å²) in [6.45, 7) is 0.976. The minimum Gasteiger partial charge on any atom is -0.491 e. The summed E-state index contributed by atoms with van der Waals surface area (Å²) in [5.41, 5.74) is 0.235. The third-order valence-corrected chi connectivity index (χ3v) is 3.79. The number of halogens is 5. The van der Waals surface area contributed by atoms with E-state index in [1.807, 2.05) is 6.07 Å². The Balaban J connectivity index is 0.00000392. The zero-order valence-corrected chi connectivity index (χ0v) is 18.2. The van der Waals surface area contributed by atoms with Crippen molar-refractivity contribution in [1.29, 1.82) is 0 Å². The summed E-state index contributed by atoms with van der Waals surface area (Å²) in [5.74, 6) is 0.342. The highest BCUT2D eigenvalue weighted by molar-refractivity contribution is 14.0. The summed E-state index contributed by atoms with van der Waals surface area (Å²) in [6, 6.07) is 8.74. The molecule has 0 aliphatic carbocycles. The lowest BCUT2D eigenvalue weighted by molar-refractivity contribution is -0.138. The van der Waals surface area contributed by atoms with Crippen molar-refractivity contribution in [1.82, 2.24) is 15.6 Å². The molecule has 0 fully saturated rings. The summed E-state index contributed by atoms with van der Waals surface area (Å²) in [6.07, 6.45) is -2.02. The summed E-state index contributed by atoms with van der Waals surface area (Å²) in [4.78, 5) is 8.06. The number of nitrogens with one attached hydrogen (secondary N) is 2. The van der Waals surface area contributed by atoms with Crippen LogP contribution in [0.25, 0.3) is 0 Å². The molecule has 154 valence electrons. The Morgan fingerprint density at radius 1 is 1.14 bits per heavy atom. The van der Waals surface area contributed by atoms with Crippen LogP contribution in [0.2, 0.25) is 5.15 Å². The van der Waals surface area contributed by atoms with Crippen LogP contribution in [0.4, 0.5) is 13.2 Å². The van der Waals surface area contributed by atoms with Gasteiger partial charge in [-0.1, -0.05) is 29.8 Å². The number of rotatable bonds is 7. The van der Waals surface area contributed by atoms with Crippen LogP contribution in [0.15, 0.2) is 47.6 Å². The van der Waals surface area contributed by atoms with Crippen LogP contribution in [0.1, 0.15) is 11.1 Å². The molecule has 0 bridgehead atoms. The average Bonchev–Trinajstić information content (AvgIpc) is 2.64. The zero-order chi connectivity index (χ0) is 19.7. The standard InChI is InChI=1S/C18H20ClF3N4O.HI/c1-23-17(24-9-8-13-6-7-16(19)26-12-13)25-10-11-27-15-5-3-2-4-14(15)18(20,21)22;/h2-7,12H,8-11H2,1H3,(H2,23,24,25);1H. The molecule has 0 atom stereocenters. The van der Waals surface area contributed by atoms with Crippen molar-refractivity contribution in [2.24, 2.45) is 4.99 Å². The van der Waals surface area contributed by atoms with Gasteiger partial charge in [0, 0.05) is 19.8 Å². The highest BCUT2D eigenvalue weighted by Gasteiger charge is 2.33. The smallest absolute Gasteiger partial charge is 0.419 e. The lowest BCUT2D eigenvalue weighted by Gasteiger charge is -2.15. The maximum atomic E-state index is 12.9. The van der Waals surface area contributed by atoms with Crippen LogP contribution in [0, 0.1) is 0 Å². The Bertz CT molecular complexity index is 757. The number of aromatic nitrogens is 1. The van der Waals surface area contributed by atoms with E-state index in [-0.39, 0.29) is 36.3 Å². The third-order valence-electron chi connectivity index (χ3n) is 3.56. The summed E-state index contributed by atoms with van der Waals surface area (Å²) in [5, 5.41) is 6.54. The van der Waals surface area contributed by atoms with Crippen molar-refractivity contribution in [3.8, 4) is 5.75 Å². The number of hydrogen-bond acceptors (Lipinski definition) is 3. The third kappa shape index (κ3) is 8.09. The van der Waals surface area contributed by atoms with Crippen molar-refractivity contribution < 1.29 is 17.9 Å². The number of para-hydroxylation sites is 1. The van der Waals surface area contributed by atoms with Crippen molar-refractivity contribution in [2.75, 3.05) is 26.7 Å². The van der Waals surface area contributed by atoms with E-state index in [0.29, 0.717) is 24.2 Å². The van der Waals surface area contributed by atoms with Crippen LogP contribution in [-0.4, -0.2) is 37.7 Å². The van der Waals surface area contributed by atoms with E-state index in [0.717, 1.165) is 18.1 Å². The molecule has 0 amide bonds. The van der Waals surface area contributed by atoms with Crippen LogP contribution >= 0.6 is 35.6 Å². The van der Waals surface area contributed by atoms with E-state index in [1.165, 1.54) is 18.2 Å². The van der Waals surface area contributed by atoms with Gasteiger partial charge in [0.25, 0.3) is 0 Å². The number of benzene rings is 1. The van der Waals surface area contributed by atoms with Gasteiger partial charge in [-0.05, 0) is 30.2 Å². The Morgan fingerprint density at radius 3 is 2.50 bits per heavy atom. The fraction of sp³-hybridized carbons (Fsp3) is 0.333. The van der Waals surface area contributed by atoms with Gasteiger partial charge in [0.1, 0.15) is 17.5 Å². The Hall–Kier alpha value is -1.75. The molecule has 1 aromatic carbocycles. The van der Waals surface area contributed by atoms with Crippen molar-refractivity contribution >= 4 is 41.5 Å². The minimum absolute atomic E-state index is 0. The van der Waals surface area contributed by atoms with Gasteiger partial charge in [-0.15, -0.1) is 24.0 Å². The molecule has 2 N–H and O–H groups in total. The molecule has 2 rings (SSSR count). The molecule has 0 radical (unpaired) electrons. The van der Waals surface area contributed by atoms with E-state index < -0.39 is 11.7 Å². The molecular formula is C18H21ClF3IN4O. The summed E-state index contributed by atoms with van der Waals surface area (Å²) < 4.78 is 44.0. The minimum atomic E-state index is -4.45. The molecule has 1 aromatic heterocycles. The largest absolute Gasteiger partial charge is 0.491 e. The molecule has 0 aliphatic rings. The SMILES string of the molecule is CN=C(NCCOc1ccccc1C(F)(F)F)NCCc1ccc(Cl)nc1.I.